The van der Waals surface area contributed by atoms with Crippen LogP contribution in [0.25, 0.3) is 10.8 Å². The van der Waals surface area contributed by atoms with Gasteiger partial charge in [0, 0.05) is 10.2 Å². The zero-order valence-electron chi connectivity index (χ0n) is 9.41. The third-order valence-corrected chi connectivity index (χ3v) is 2.98. The van der Waals surface area contributed by atoms with E-state index < -0.39 is 6.04 Å². The number of benzene rings is 2. The first-order valence-electron chi connectivity index (χ1n) is 5.32. The van der Waals surface area contributed by atoms with Crippen LogP contribution in [0.4, 0.5) is 5.69 Å². The molecule has 0 saturated heterocycles. The monoisotopic (exact) mass is 292 g/mol. The molecule has 0 saturated carbocycles. The van der Waals surface area contributed by atoms with Crippen molar-refractivity contribution < 1.29 is 4.79 Å². The van der Waals surface area contributed by atoms with Crippen molar-refractivity contribution in [2.45, 2.75) is 13.0 Å². The van der Waals surface area contributed by atoms with E-state index in [0.717, 1.165) is 20.9 Å². The Morgan fingerprint density at radius 3 is 2.59 bits per heavy atom. The Hall–Kier alpha value is -1.39. The van der Waals surface area contributed by atoms with Crippen LogP contribution in [0.1, 0.15) is 6.92 Å². The van der Waals surface area contributed by atoms with Crippen molar-refractivity contribution in [1.82, 2.24) is 0 Å². The van der Waals surface area contributed by atoms with Gasteiger partial charge >= 0.3 is 0 Å². The first-order valence-corrected chi connectivity index (χ1v) is 6.11. The fourth-order valence-electron chi connectivity index (χ4n) is 1.55. The lowest BCUT2D eigenvalue weighted by atomic mass is 10.1. The van der Waals surface area contributed by atoms with Gasteiger partial charge in [-0.3, -0.25) is 4.79 Å². The average Bonchev–Trinajstić information content (AvgIpc) is 2.29. The van der Waals surface area contributed by atoms with Crippen LogP contribution in [0.5, 0.6) is 0 Å². The molecule has 1 atom stereocenters. The van der Waals surface area contributed by atoms with Gasteiger partial charge < -0.3 is 11.1 Å². The molecule has 0 bridgehead atoms. The van der Waals surface area contributed by atoms with Gasteiger partial charge in [-0.25, -0.2) is 0 Å². The first kappa shape index (κ1) is 12.1. The van der Waals surface area contributed by atoms with Crippen LogP contribution in [0.3, 0.4) is 0 Å². The van der Waals surface area contributed by atoms with Crippen molar-refractivity contribution in [3.05, 3.63) is 40.9 Å². The molecule has 0 aliphatic carbocycles. The van der Waals surface area contributed by atoms with E-state index in [2.05, 4.69) is 21.2 Å². The molecule has 0 aliphatic rings. The van der Waals surface area contributed by atoms with Crippen LogP contribution in [-0.4, -0.2) is 11.9 Å². The quantitative estimate of drug-likeness (QED) is 0.894. The number of amides is 1. The summed E-state index contributed by atoms with van der Waals surface area (Å²) in [7, 11) is 0. The number of hydrogen-bond donors (Lipinski definition) is 2. The van der Waals surface area contributed by atoms with Gasteiger partial charge in [0.1, 0.15) is 0 Å². The van der Waals surface area contributed by atoms with Crippen molar-refractivity contribution >= 4 is 38.3 Å². The number of hydrogen-bond acceptors (Lipinski definition) is 2. The van der Waals surface area contributed by atoms with Gasteiger partial charge in [-0.15, -0.1) is 0 Å². The van der Waals surface area contributed by atoms with Gasteiger partial charge in [0.25, 0.3) is 0 Å². The maximum absolute atomic E-state index is 11.5. The lowest BCUT2D eigenvalue weighted by Gasteiger charge is -2.08. The van der Waals surface area contributed by atoms with Gasteiger partial charge in [0.2, 0.25) is 5.91 Å². The Labute approximate surface area is 108 Å². The number of anilines is 1. The molecule has 1 amide bonds. The van der Waals surface area contributed by atoms with Crippen molar-refractivity contribution in [2.24, 2.45) is 5.73 Å². The molecule has 0 radical (unpaired) electrons. The van der Waals surface area contributed by atoms with Crippen molar-refractivity contribution in [3.8, 4) is 0 Å². The lowest BCUT2D eigenvalue weighted by Crippen LogP contribution is -2.32. The van der Waals surface area contributed by atoms with Crippen molar-refractivity contribution in [3.63, 3.8) is 0 Å². The SMILES string of the molecule is C[C@@H](N)C(=O)Nc1ccc2cc(Br)ccc2c1. The second-order valence-corrected chi connectivity index (χ2v) is 4.90. The minimum atomic E-state index is -0.504. The molecule has 3 N–H and O–H groups in total. The summed E-state index contributed by atoms with van der Waals surface area (Å²) >= 11 is 3.42. The molecule has 3 nitrogen and oxygen atoms in total. The summed E-state index contributed by atoms with van der Waals surface area (Å²) in [5.74, 6) is -0.179. The fraction of sp³-hybridized carbons (Fsp3) is 0.154. The van der Waals surface area contributed by atoms with E-state index in [4.69, 9.17) is 5.73 Å². The molecular formula is C13H13BrN2O. The number of carbonyl (C=O) groups is 1. The maximum atomic E-state index is 11.5. The number of nitrogens with two attached hydrogens (primary N) is 1. The largest absolute Gasteiger partial charge is 0.325 e. The number of halogens is 1. The molecule has 0 aliphatic heterocycles. The zero-order valence-corrected chi connectivity index (χ0v) is 11.0. The fourth-order valence-corrected chi connectivity index (χ4v) is 1.93. The third-order valence-electron chi connectivity index (χ3n) is 2.48. The Balaban J connectivity index is 2.32. The van der Waals surface area contributed by atoms with Gasteiger partial charge in [-0.2, -0.15) is 0 Å². The van der Waals surface area contributed by atoms with E-state index >= 15 is 0 Å². The van der Waals surface area contributed by atoms with E-state index in [0.29, 0.717) is 0 Å². The van der Waals surface area contributed by atoms with Crippen LogP contribution in [0, 0.1) is 0 Å². The summed E-state index contributed by atoms with van der Waals surface area (Å²) in [6.45, 7) is 1.66. The van der Waals surface area contributed by atoms with Crippen LogP contribution in [0.15, 0.2) is 40.9 Å². The molecule has 0 fully saturated rings. The Kier molecular flexibility index (Phi) is 3.45. The molecule has 0 unspecified atom stereocenters. The molecule has 88 valence electrons. The first-order chi connectivity index (χ1) is 8.06. The molecular weight excluding hydrogens is 280 g/mol. The van der Waals surface area contributed by atoms with Gasteiger partial charge in [-0.1, -0.05) is 28.1 Å². The summed E-state index contributed by atoms with van der Waals surface area (Å²) in [6, 6.07) is 11.3. The highest BCUT2D eigenvalue weighted by Gasteiger charge is 2.07. The Morgan fingerprint density at radius 1 is 1.24 bits per heavy atom. The third kappa shape index (κ3) is 2.84. The highest BCUT2D eigenvalue weighted by atomic mass is 79.9. The van der Waals surface area contributed by atoms with Crippen LogP contribution >= 0.6 is 15.9 Å². The van der Waals surface area contributed by atoms with E-state index in [1.54, 1.807) is 6.92 Å². The minimum Gasteiger partial charge on any atom is -0.325 e. The highest BCUT2D eigenvalue weighted by Crippen LogP contribution is 2.22. The summed E-state index contributed by atoms with van der Waals surface area (Å²) in [6.07, 6.45) is 0. The number of carbonyl (C=O) groups excluding carboxylic acids is 1. The van der Waals surface area contributed by atoms with E-state index in [1.807, 2.05) is 36.4 Å². The van der Waals surface area contributed by atoms with E-state index in [-0.39, 0.29) is 5.91 Å². The molecule has 2 rings (SSSR count). The normalized spacial score (nSPS) is 12.4. The zero-order chi connectivity index (χ0) is 12.4. The van der Waals surface area contributed by atoms with E-state index in [1.165, 1.54) is 0 Å². The molecule has 2 aromatic carbocycles. The number of fused-ring (bicyclic) bond motifs is 1. The number of rotatable bonds is 2. The topological polar surface area (TPSA) is 55.1 Å². The Bertz CT molecular complexity index is 566. The highest BCUT2D eigenvalue weighted by molar-refractivity contribution is 9.10. The lowest BCUT2D eigenvalue weighted by molar-refractivity contribution is -0.117. The predicted octanol–water partition coefficient (Wildman–Crippen LogP) is 2.89. The van der Waals surface area contributed by atoms with E-state index in [9.17, 15) is 4.79 Å². The van der Waals surface area contributed by atoms with Gasteiger partial charge in [0.05, 0.1) is 6.04 Å². The van der Waals surface area contributed by atoms with Gasteiger partial charge in [0.15, 0.2) is 0 Å². The van der Waals surface area contributed by atoms with Crippen LogP contribution in [-0.2, 0) is 4.79 Å². The average molecular weight is 293 g/mol. The summed E-state index contributed by atoms with van der Waals surface area (Å²) in [5, 5.41) is 4.98. The van der Waals surface area contributed by atoms with Crippen LogP contribution in [0.2, 0.25) is 0 Å². The van der Waals surface area contributed by atoms with Crippen molar-refractivity contribution in [1.29, 1.82) is 0 Å². The molecule has 4 heteroatoms. The standard InChI is InChI=1S/C13H13BrN2O/c1-8(15)13(17)16-12-5-3-9-6-11(14)4-2-10(9)7-12/h2-8H,15H2,1H3,(H,16,17)/t8-/m1/s1. The van der Waals surface area contributed by atoms with Crippen molar-refractivity contribution in [2.75, 3.05) is 5.32 Å². The molecule has 0 spiro atoms. The van der Waals surface area contributed by atoms with Gasteiger partial charge in [-0.05, 0) is 42.0 Å². The smallest absolute Gasteiger partial charge is 0.240 e. The molecule has 0 aromatic heterocycles. The Morgan fingerprint density at radius 2 is 1.88 bits per heavy atom. The minimum absolute atomic E-state index is 0.179. The summed E-state index contributed by atoms with van der Waals surface area (Å²) in [4.78, 5) is 11.5. The predicted molar refractivity (Wildman–Crippen MR) is 73.9 cm³/mol. The summed E-state index contributed by atoms with van der Waals surface area (Å²) < 4.78 is 1.04. The summed E-state index contributed by atoms with van der Waals surface area (Å²) in [5.41, 5.74) is 6.26. The molecule has 17 heavy (non-hydrogen) atoms. The second kappa shape index (κ2) is 4.85. The van der Waals surface area contributed by atoms with Crippen LogP contribution < -0.4 is 11.1 Å². The number of nitrogens with one attached hydrogen (secondary N) is 1. The molecule has 0 heterocycles. The molecule has 2 aromatic rings. The maximum Gasteiger partial charge on any atom is 0.240 e. The second-order valence-electron chi connectivity index (χ2n) is 3.98.